The molecule has 0 bridgehead atoms. The molecule has 0 saturated carbocycles. The van der Waals surface area contributed by atoms with E-state index >= 15 is 0 Å². The lowest BCUT2D eigenvalue weighted by atomic mass is 10.2. The molecule has 4 heteroatoms. The number of aryl methyl sites for hydroxylation is 1. The van der Waals surface area contributed by atoms with Crippen molar-refractivity contribution in [1.82, 2.24) is 0 Å². The van der Waals surface area contributed by atoms with Crippen molar-refractivity contribution in [1.29, 1.82) is 0 Å². The molecule has 1 heterocycles. The summed E-state index contributed by atoms with van der Waals surface area (Å²) in [6.45, 7) is 0.800. The molecule has 1 rings (SSSR count). The van der Waals surface area contributed by atoms with Crippen LogP contribution in [-0.4, -0.2) is 6.54 Å². The van der Waals surface area contributed by atoms with E-state index in [0.717, 1.165) is 28.2 Å². The molecule has 0 aliphatic heterocycles. The van der Waals surface area contributed by atoms with Crippen LogP contribution in [0, 0.1) is 0 Å². The molecule has 1 aromatic rings. The Hall–Kier alpha value is 0.430. The van der Waals surface area contributed by atoms with Crippen LogP contribution < -0.4 is 5.73 Å². The van der Waals surface area contributed by atoms with E-state index in [1.165, 1.54) is 17.7 Å². The Balaban J connectivity index is 2.29. The van der Waals surface area contributed by atoms with Crippen molar-refractivity contribution in [2.24, 2.45) is 5.73 Å². The molecule has 1 aromatic heterocycles. The lowest BCUT2D eigenvalue weighted by Gasteiger charge is -1.96. The van der Waals surface area contributed by atoms with Gasteiger partial charge in [0.25, 0.3) is 0 Å². The Morgan fingerprint density at radius 1 is 1.38 bits per heavy atom. The summed E-state index contributed by atoms with van der Waals surface area (Å²) < 4.78 is 1.04. The molecule has 0 aliphatic rings. The molecule has 0 amide bonds. The Morgan fingerprint density at radius 2 is 2.15 bits per heavy atom. The van der Waals surface area contributed by atoms with E-state index in [1.54, 1.807) is 11.3 Å². The molecule has 0 unspecified atom stereocenters. The van der Waals surface area contributed by atoms with Crippen LogP contribution in [0.3, 0.4) is 0 Å². The fourth-order valence-corrected chi connectivity index (χ4v) is 3.00. The highest BCUT2D eigenvalue weighted by Gasteiger charge is 2.03. The molecule has 0 atom stereocenters. The van der Waals surface area contributed by atoms with Crippen molar-refractivity contribution < 1.29 is 0 Å². The molecule has 74 valence electrons. The number of halogens is 2. The topological polar surface area (TPSA) is 26.0 Å². The van der Waals surface area contributed by atoms with Crippen molar-refractivity contribution in [3.63, 3.8) is 0 Å². The van der Waals surface area contributed by atoms with E-state index in [4.69, 9.17) is 17.3 Å². The average molecular weight is 283 g/mol. The summed E-state index contributed by atoms with van der Waals surface area (Å²) in [6, 6.07) is 2.04. The number of nitrogens with two attached hydrogens (primary N) is 1. The predicted molar refractivity (Wildman–Crippen MR) is 63.6 cm³/mol. The maximum Gasteiger partial charge on any atom is 0.0887 e. The normalized spacial score (nSPS) is 10.7. The quantitative estimate of drug-likeness (QED) is 0.816. The van der Waals surface area contributed by atoms with E-state index < -0.39 is 0 Å². The van der Waals surface area contributed by atoms with Gasteiger partial charge in [-0.1, -0.05) is 18.0 Å². The Labute approximate surface area is 96.4 Å². The Morgan fingerprint density at radius 3 is 2.69 bits per heavy atom. The average Bonchev–Trinajstić information content (AvgIpc) is 2.41. The Bertz CT molecular complexity index is 243. The number of unbranched alkanes of at least 4 members (excludes halogenated alkanes) is 2. The molecule has 1 nitrogen and oxygen atoms in total. The van der Waals surface area contributed by atoms with E-state index in [9.17, 15) is 0 Å². The van der Waals surface area contributed by atoms with Crippen LogP contribution in [-0.2, 0) is 6.42 Å². The molecule has 0 aliphatic carbocycles. The first-order valence-electron chi connectivity index (χ1n) is 4.38. The van der Waals surface area contributed by atoms with Gasteiger partial charge in [0.2, 0.25) is 0 Å². The highest BCUT2D eigenvalue weighted by atomic mass is 79.9. The van der Waals surface area contributed by atoms with Crippen LogP contribution in [0.5, 0.6) is 0 Å². The first kappa shape index (κ1) is 11.5. The molecule has 2 N–H and O–H groups in total. The SMILES string of the molecule is NCCCCCc1cc(Cl)c(Br)s1. The smallest absolute Gasteiger partial charge is 0.0887 e. The monoisotopic (exact) mass is 281 g/mol. The number of hydrogen-bond donors (Lipinski definition) is 1. The standard InChI is InChI=1S/C9H13BrClNS/c10-9-8(11)6-7(13-9)4-2-1-3-5-12/h6H,1-5,12H2. The van der Waals surface area contributed by atoms with Crippen molar-refractivity contribution in [3.8, 4) is 0 Å². The van der Waals surface area contributed by atoms with Crippen LogP contribution >= 0.6 is 38.9 Å². The molecule has 13 heavy (non-hydrogen) atoms. The van der Waals surface area contributed by atoms with E-state index in [0.29, 0.717) is 0 Å². The minimum absolute atomic E-state index is 0.800. The van der Waals surface area contributed by atoms with Crippen molar-refractivity contribution in [3.05, 3.63) is 19.8 Å². The summed E-state index contributed by atoms with van der Waals surface area (Å²) in [5, 5.41) is 0.832. The van der Waals surface area contributed by atoms with Gasteiger partial charge < -0.3 is 5.73 Å². The van der Waals surface area contributed by atoms with Gasteiger partial charge in [-0.25, -0.2) is 0 Å². The molecular formula is C9H13BrClNS. The summed E-state index contributed by atoms with van der Waals surface area (Å²) in [5.74, 6) is 0. The minimum Gasteiger partial charge on any atom is -0.330 e. The maximum absolute atomic E-state index is 5.91. The van der Waals surface area contributed by atoms with Crippen LogP contribution in [0.2, 0.25) is 5.02 Å². The minimum atomic E-state index is 0.800. The first-order valence-corrected chi connectivity index (χ1v) is 6.36. The molecule has 0 aromatic carbocycles. The van der Waals surface area contributed by atoms with E-state index in [2.05, 4.69) is 15.9 Å². The van der Waals surface area contributed by atoms with Gasteiger partial charge in [0.1, 0.15) is 0 Å². The molecular weight excluding hydrogens is 270 g/mol. The third-order valence-electron chi connectivity index (χ3n) is 1.82. The molecule has 0 saturated heterocycles. The summed E-state index contributed by atoms with van der Waals surface area (Å²) >= 11 is 11.0. The zero-order valence-electron chi connectivity index (χ0n) is 7.35. The second-order valence-electron chi connectivity index (χ2n) is 2.93. The largest absolute Gasteiger partial charge is 0.330 e. The fourth-order valence-electron chi connectivity index (χ4n) is 1.13. The van der Waals surface area contributed by atoms with Crippen LogP contribution in [0.15, 0.2) is 9.85 Å². The third kappa shape index (κ3) is 3.98. The lowest BCUT2D eigenvalue weighted by molar-refractivity contribution is 0.690. The molecule has 0 fully saturated rings. The van der Waals surface area contributed by atoms with Gasteiger partial charge in [0.05, 0.1) is 8.81 Å². The highest BCUT2D eigenvalue weighted by molar-refractivity contribution is 9.11. The second kappa shape index (κ2) is 6.02. The zero-order valence-corrected chi connectivity index (χ0v) is 10.5. The van der Waals surface area contributed by atoms with Gasteiger partial charge in [-0.05, 0) is 47.8 Å². The van der Waals surface area contributed by atoms with E-state index in [1.807, 2.05) is 6.07 Å². The van der Waals surface area contributed by atoms with Crippen molar-refractivity contribution >= 4 is 38.9 Å². The van der Waals surface area contributed by atoms with Crippen LogP contribution in [0.1, 0.15) is 24.1 Å². The van der Waals surface area contributed by atoms with Gasteiger partial charge in [-0.3, -0.25) is 0 Å². The first-order chi connectivity index (χ1) is 6.24. The van der Waals surface area contributed by atoms with Gasteiger partial charge in [0, 0.05) is 4.88 Å². The van der Waals surface area contributed by atoms with Crippen LogP contribution in [0.4, 0.5) is 0 Å². The van der Waals surface area contributed by atoms with Crippen molar-refractivity contribution in [2.75, 3.05) is 6.54 Å². The van der Waals surface area contributed by atoms with Crippen LogP contribution in [0.25, 0.3) is 0 Å². The van der Waals surface area contributed by atoms with E-state index in [-0.39, 0.29) is 0 Å². The van der Waals surface area contributed by atoms with Gasteiger partial charge in [-0.15, -0.1) is 11.3 Å². The summed E-state index contributed by atoms with van der Waals surface area (Å²) in [7, 11) is 0. The van der Waals surface area contributed by atoms with Gasteiger partial charge >= 0.3 is 0 Å². The zero-order chi connectivity index (χ0) is 9.68. The van der Waals surface area contributed by atoms with Gasteiger partial charge in [-0.2, -0.15) is 0 Å². The third-order valence-corrected chi connectivity index (χ3v) is 4.36. The number of hydrogen-bond acceptors (Lipinski definition) is 2. The summed E-state index contributed by atoms with van der Waals surface area (Å²) in [4.78, 5) is 1.36. The Kier molecular flexibility index (Phi) is 5.32. The summed E-state index contributed by atoms with van der Waals surface area (Å²) in [6.07, 6.45) is 4.67. The number of thiophene rings is 1. The molecule has 0 radical (unpaired) electrons. The van der Waals surface area contributed by atoms with Gasteiger partial charge in [0.15, 0.2) is 0 Å². The lowest BCUT2D eigenvalue weighted by Crippen LogP contribution is -1.97. The number of rotatable bonds is 5. The predicted octanol–water partition coefficient (Wildman–Crippen LogP) is 3.84. The molecule has 0 spiro atoms. The fraction of sp³-hybridized carbons (Fsp3) is 0.556. The highest BCUT2D eigenvalue weighted by Crippen LogP contribution is 2.32. The second-order valence-corrected chi connectivity index (χ2v) is 5.80. The summed E-state index contributed by atoms with van der Waals surface area (Å²) in [5.41, 5.74) is 5.41. The van der Waals surface area contributed by atoms with Crippen molar-refractivity contribution in [2.45, 2.75) is 25.7 Å². The maximum atomic E-state index is 5.91.